The van der Waals surface area contributed by atoms with E-state index in [0.29, 0.717) is 6.42 Å². The molecule has 2 heterocycles. The van der Waals surface area contributed by atoms with Crippen LogP contribution < -0.4 is 16.2 Å². The van der Waals surface area contributed by atoms with Crippen LogP contribution in [0.4, 0.5) is 4.39 Å². The summed E-state index contributed by atoms with van der Waals surface area (Å²) < 4.78 is 18.6. The maximum absolute atomic E-state index is 13.0. The van der Waals surface area contributed by atoms with Gasteiger partial charge in [-0.15, -0.1) is 0 Å². The number of hydrogen-bond acceptors (Lipinski definition) is 4. The molecule has 0 saturated carbocycles. The predicted molar refractivity (Wildman–Crippen MR) is 80.4 cm³/mol. The van der Waals surface area contributed by atoms with Crippen LogP contribution >= 0.6 is 0 Å². The van der Waals surface area contributed by atoms with E-state index < -0.39 is 0 Å². The van der Waals surface area contributed by atoms with Gasteiger partial charge in [0.25, 0.3) is 0 Å². The van der Waals surface area contributed by atoms with Crippen LogP contribution in [-0.4, -0.2) is 30.7 Å². The third-order valence-corrected chi connectivity index (χ3v) is 4.38. The number of rotatable bonds is 4. The molecule has 2 aliphatic rings. The van der Waals surface area contributed by atoms with E-state index in [-0.39, 0.29) is 36.0 Å². The topological polar surface area (TPSA) is 62.4 Å². The van der Waals surface area contributed by atoms with Gasteiger partial charge in [0.15, 0.2) is 0 Å². The Bertz CT molecular complexity index is 517. The molecule has 0 aromatic heterocycles. The second-order valence-corrected chi connectivity index (χ2v) is 6.03. The summed E-state index contributed by atoms with van der Waals surface area (Å²) in [5, 5.41) is 3.02. The Labute approximate surface area is 129 Å². The Hall–Kier alpha value is -1.50. The Morgan fingerprint density at radius 2 is 2.14 bits per heavy atom. The molecule has 2 fully saturated rings. The van der Waals surface area contributed by atoms with Gasteiger partial charge < -0.3 is 10.1 Å². The van der Waals surface area contributed by atoms with Gasteiger partial charge in [0, 0.05) is 12.6 Å². The average molecular weight is 307 g/mol. The van der Waals surface area contributed by atoms with Gasteiger partial charge in [0.1, 0.15) is 11.9 Å². The van der Waals surface area contributed by atoms with Crippen LogP contribution in [-0.2, 0) is 9.53 Å². The van der Waals surface area contributed by atoms with Crippen molar-refractivity contribution in [2.45, 2.75) is 50.4 Å². The largest absolute Gasteiger partial charge is 0.376 e. The summed E-state index contributed by atoms with van der Waals surface area (Å²) in [5.41, 5.74) is 7.09. The lowest BCUT2D eigenvalue weighted by Crippen LogP contribution is -2.49. The van der Waals surface area contributed by atoms with Gasteiger partial charge in [-0.25, -0.2) is 15.2 Å². The molecule has 3 N–H and O–H groups in total. The molecule has 2 saturated heterocycles. The molecule has 2 aliphatic heterocycles. The fourth-order valence-electron chi connectivity index (χ4n) is 3.06. The monoisotopic (exact) mass is 307 g/mol. The Kier molecular flexibility index (Phi) is 4.71. The zero-order valence-corrected chi connectivity index (χ0v) is 12.6. The summed E-state index contributed by atoms with van der Waals surface area (Å²) in [6, 6.07) is 6.08. The van der Waals surface area contributed by atoms with Crippen molar-refractivity contribution in [3.8, 4) is 0 Å². The third-order valence-electron chi connectivity index (χ3n) is 4.38. The van der Waals surface area contributed by atoms with E-state index in [1.807, 2.05) is 6.92 Å². The highest BCUT2D eigenvalue weighted by Crippen LogP contribution is 2.23. The summed E-state index contributed by atoms with van der Waals surface area (Å²) in [5.74, 6) is -0.283. The van der Waals surface area contributed by atoms with Gasteiger partial charge in [-0.05, 0) is 43.9 Å². The fraction of sp³-hybridized carbons (Fsp3) is 0.562. The first kappa shape index (κ1) is 15.4. The molecule has 5 nitrogen and oxygen atoms in total. The molecule has 120 valence electrons. The molecule has 0 bridgehead atoms. The van der Waals surface area contributed by atoms with Gasteiger partial charge >= 0.3 is 0 Å². The lowest BCUT2D eigenvalue weighted by molar-refractivity contribution is -0.124. The van der Waals surface area contributed by atoms with E-state index in [2.05, 4.69) is 16.2 Å². The lowest BCUT2D eigenvalue weighted by atomic mass is 10.0. The summed E-state index contributed by atoms with van der Waals surface area (Å²) in [4.78, 5) is 12.3. The molecule has 0 spiro atoms. The average Bonchev–Trinajstić information content (AvgIpc) is 3.20. The molecule has 6 heteroatoms. The van der Waals surface area contributed by atoms with Crippen LogP contribution in [0.15, 0.2) is 24.3 Å². The van der Waals surface area contributed by atoms with Crippen molar-refractivity contribution in [1.82, 2.24) is 16.2 Å². The molecule has 1 aromatic carbocycles. The standard InChI is InChI=1S/C16H22FN3O2/c1-10(15-3-2-8-22-15)18-16(21)14-9-13(19-20-14)11-4-6-12(17)7-5-11/h4-7,10,13-15,19-20H,2-3,8-9H2,1H3,(H,18,21). The van der Waals surface area contributed by atoms with Gasteiger partial charge in [0.05, 0.1) is 12.1 Å². The Balaban J connectivity index is 1.53. The normalized spacial score (nSPS) is 29.5. The molecule has 4 unspecified atom stereocenters. The highest BCUT2D eigenvalue weighted by molar-refractivity contribution is 5.82. The van der Waals surface area contributed by atoms with Crippen LogP contribution in [0, 0.1) is 5.82 Å². The number of hydrazine groups is 1. The van der Waals surface area contributed by atoms with Crippen molar-refractivity contribution in [3.63, 3.8) is 0 Å². The first-order valence-electron chi connectivity index (χ1n) is 7.82. The second kappa shape index (κ2) is 6.73. The molecule has 3 rings (SSSR count). The SMILES string of the molecule is CC(NC(=O)C1CC(c2ccc(F)cc2)NN1)C1CCCO1. The molecule has 22 heavy (non-hydrogen) atoms. The maximum Gasteiger partial charge on any atom is 0.238 e. The number of nitrogens with one attached hydrogen (secondary N) is 3. The van der Waals surface area contributed by atoms with Gasteiger partial charge in [-0.1, -0.05) is 12.1 Å². The van der Waals surface area contributed by atoms with Crippen molar-refractivity contribution >= 4 is 5.91 Å². The number of carbonyl (C=O) groups is 1. The van der Waals surface area contributed by atoms with Crippen LogP contribution in [0.2, 0.25) is 0 Å². The van der Waals surface area contributed by atoms with E-state index in [4.69, 9.17) is 4.74 Å². The Morgan fingerprint density at radius 1 is 1.36 bits per heavy atom. The van der Waals surface area contributed by atoms with E-state index in [9.17, 15) is 9.18 Å². The molecular formula is C16H22FN3O2. The second-order valence-electron chi connectivity index (χ2n) is 6.03. The molecule has 0 radical (unpaired) electrons. The van der Waals surface area contributed by atoms with Crippen LogP contribution in [0.5, 0.6) is 0 Å². The molecule has 1 amide bonds. The van der Waals surface area contributed by atoms with Gasteiger partial charge in [-0.3, -0.25) is 4.79 Å². The van der Waals surface area contributed by atoms with E-state index in [1.165, 1.54) is 12.1 Å². The molecule has 0 aliphatic carbocycles. The maximum atomic E-state index is 13.0. The first-order valence-corrected chi connectivity index (χ1v) is 7.82. The molecule has 1 aromatic rings. The number of ether oxygens (including phenoxy) is 1. The van der Waals surface area contributed by atoms with E-state index >= 15 is 0 Å². The third kappa shape index (κ3) is 3.45. The summed E-state index contributed by atoms with van der Waals surface area (Å²) in [6.45, 7) is 2.76. The van der Waals surface area contributed by atoms with Crippen molar-refractivity contribution in [3.05, 3.63) is 35.6 Å². The zero-order valence-electron chi connectivity index (χ0n) is 12.6. The molecular weight excluding hydrogens is 285 g/mol. The minimum Gasteiger partial charge on any atom is -0.376 e. The zero-order chi connectivity index (χ0) is 15.5. The van der Waals surface area contributed by atoms with Crippen LogP contribution in [0.3, 0.4) is 0 Å². The molecule has 4 atom stereocenters. The van der Waals surface area contributed by atoms with Crippen molar-refractivity contribution in [2.75, 3.05) is 6.61 Å². The smallest absolute Gasteiger partial charge is 0.238 e. The summed E-state index contributed by atoms with van der Waals surface area (Å²) >= 11 is 0. The van der Waals surface area contributed by atoms with Crippen LogP contribution in [0.25, 0.3) is 0 Å². The highest BCUT2D eigenvalue weighted by atomic mass is 19.1. The van der Waals surface area contributed by atoms with Crippen molar-refractivity contribution in [2.24, 2.45) is 0 Å². The summed E-state index contributed by atoms with van der Waals surface area (Å²) in [6.07, 6.45) is 2.80. The van der Waals surface area contributed by atoms with Crippen LogP contribution in [0.1, 0.15) is 37.8 Å². The minimum atomic E-state index is -0.293. The summed E-state index contributed by atoms with van der Waals surface area (Å²) in [7, 11) is 0. The van der Waals surface area contributed by atoms with Crippen molar-refractivity contribution in [1.29, 1.82) is 0 Å². The number of halogens is 1. The number of amides is 1. The highest BCUT2D eigenvalue weighted by Gasteiger charge is 2.32. The predicted octanol–water partition coefficient (Wildman–Crippen LogP) is 1.42. The minimum absolute atomic E-state index is 0.00869. The van der Waals surface area contributed by atoms with Gasteiger partial charge in [-0.2, -0.15) is 0 Å². The lowest BCUT2D eigenvalue weighted by Gasteiger charge is -2.21. The van der Waals surface area contributed by atoms with E-state index in [1.54, 1.807) is 12.1 Å². The van der Waals surface area contributed by atoms with Gasteiger partial charge in [0.2, 0.25) is 5.91 Å². The van der Waals surface area contributed by atoms with E-state index in [0.717, 1.165) is 25.0 Å². The Morgan fingerprint density at radius 3 is 2.82 bits per heavy atom. The van der Waals surface area contributed by atoms with Crippen molar-refractivity contribution < 1.29 is 13.9 Å². The first-order chi connectivity index (χ1) is 10.6. The number of hydrogen-bond donors (Lipinski definition) is 3. The number of benzene rings is 1. The number of carbonyl (C=O) groups excluding carboxylic acids is 1. The quantitative estimate of drug-likeness (QED) is 0.787. The fourth-order valence-corrected chi connectivity index (χ4v) is 3.06.